The third-order valence-electron chi connectivity index (χ3n) is 4.43. The highest BCUT2D eigenvalue weighted by Gasteiger charge is 2.18. The molecule has 2 aromatic carbocycles. The first-order valence-corrected chi connectivity index (χ1v) is 7.55. The third-order valence-corrected chi connectivity index (χ3v) is 4.43. The maximum atomic E-state index is 8.99. The predicted octanol–water partition coefficient (Wildman–Crippen LogP) is 4.03. The van der Waals surface area contributed by atoms with Crippen LogP contribution in [0.3, 0.4) is 0 Å². The maximum absolute atomic E-state index is 8.99. The van der Waals surface area contributed by atoms with Crippen molar-refractivity contribution < 1.29 is 0 Å². The van der Waals surface area contributed by atoms with E-state index >= 15 is 0 Å². The number of hydrogen-bond acceptors (Lipinski definition) is 2. The van der Waals surface area contributed by atoms with Gasteiger partial charge < -0.3 is 4.90 Å². The summed E-state index contributed by atoms with van der Waals surface area (Å²) in [5.74, 6) is 0.695. The first-order valence-electron chi connectivity index (χ1n) is 7.55. The molecule has 0 radical (unpaired) electrons. The van der Waals surface area contributed by atoms with E-state index in [0.29, 0.717) is 11.5 Å². The normalized spacial score (nSPS) is 16.6. The van der Waals surface area contributed by atoms with Crippen LogP contribution in [-0.2, 0) is 0 Å². The summed E-state index contributed by atoms with van der Waals surface area (Å²) in [7, 11) is 2.20. The molecule has 2 nitrogen and oxygen atoms in total. The minimum Gasteiger partial charge on any atom is -0.306 e. The Morgan fingerprint density at radius 2 is 1.71 bits per heavy atom. The van der Waals surface area contributed by atoms with E-state index in [2.05, 4.69) is 48.3 Å². The molecule has 0 saturated carbocycles. The lowest BCUT2D eigenvalue weighted by Crippen LogP contribution is -2.29. The van der Waals surface area contributed by atoms with Crippen LogP contribution < -0.4 is 0 Å². The fraction of sp³-hybridized carbons (Fsp3) is 0.316. The highest BCUT2D eigenvalue weighted by atomic mass is 15.1. The second kappa shape index (κ2) is 6.11. The number of piperidine rings is 1. The van der Waals surface area contributed by atoms with Crippen molar-refractivity contribution in [3.05, 3.63) is 59.7 Å². The van der Waals surface area contributed by atoms with E-state index in [0.717, 1.165) is 5.56 Å². The minimum absolute atomic E-state index is 0.695. The molecule has 1 aliphatic heterocycles. The molecule has 0 atom stereocenters. The number of rotatable bonds is 2. The fourth-order valence-corrected chi connectivity index (χ4v) is 3.06. The molecule has 1 aliphatic rings. The molecule has 0 spiro atoms. The molecular formula is C19H20N2. The number of hydrogen-bond donors (Lipinski definition) is 0. The zero-order chi connectivity index (χ0) is 14.7. The SMILES string of the molecule is CN1CCC(c2ccc(-c3cccc(C#N)c3)cc2)CC1. The lowest BCUT2D eigenvalue weighted by molar-refractivity contribution is 0.255. The van der Waals surface area contributed by atoms with Gasteiger partial charge in [0.25, 0.3) is 0 Å². The van der Waals surface area contributed by atoms with E-state index < -0.39 is 0 Å². The van der Waals surface area contributed by atoms with Crippen LogP contribution in [0.15, 0.2) is 48.5 Å². The van der Waals surface area contributed by atoms with Crippen molar-refractivity contribution in [1.29, 1.82) is 5.26 Å². The van der Waals surface area contributed by atoms with E-state index in [-0.39, 0.29) is 0 Å². The zero-order valence-electron chi connectivity index (χ0n) is 12.4. The predicted molar refractivity (Wildman–Crippen MR) is 86.1 cm³/mol. The van der Waals surface area contributed by atoms with Crippen LogP contribution in [0.1, 0.15) is 29.9 Å². The molecule has 1 fully saturated rings. The first kappa shape index (κ1) is 13.9. The molecule has 21 heavy (non-hydrogen) atoms. The second-order valence-electron chi connectivity index (χ2n) is 5.89. The van der Waals surface area contributed by atoms with Crippen molar-refractivity contribution in [2.45, 2.75) is 18.8 Å². The summed E-state index contributed by atoms with van der Waals surface area (Å²) in [5.41, 5.74) is 4.46. The highest BCUT2D eigenvalue weighted by Crippen LogP contribution is 2.29. The average molecular weight is 276 g/mol. The number of likely N-dealkylation sites (tertiary alicyclic amines) is 1. The minimum atomic E-state index is 0.695. The van der Waals surface area contributed by atoms with Crippen LogP contribution >= 0.6 is 0 Å². The van der Waals surface area contributed by atoms with Gasteiger partial charge in [-0.3, -0.25) is 0 Å². The van der Waals surface area contributed by atoms with Crippen LogP contribution in [0.25, 0.3) is 11.1 Å². The Balaban J connectivity index is 1.79. The molecular weight excluding hydrogens is 256 g/mol. The quantitative estimate of drug-likeness (QED) is 0.828. The summed E-state index contributed by atoms with van der Waals surface area (Å²) in [6.07, 6.45) is 2.50. The molecule has 2 aromatic rings. The van der Waals surface area contributed by atoms with Crippen molar-refractivity contribution in [1.82, 2.24) is 4.90 Å². The molecule has 106 valence electrons. The van der Waals surface area contributed by atoms with E-state index in [1.54, 1.807) is 0 Å². The Labute approximate surface area is 126 Å². The standard InChI is InChI=1S/C19H20N2/c1-21-11-9-18(10-12-21)16-5-7-17(8-6-16)19-4-2-3-15(13-19)14-20/h2-8,13,18H,9-12H2,1H3. The van der Waals surface area contributed by atoms with Gasteiger partial charge in [-0.15, -0.1) is 0 Å². The lowest BCUT2D eigenvalue weighted by Gasteiger charge is -2.29. The average Bonchev–Trinajstić information content (AvgIpc) is 2.56. The van der Waals surface area contributed by atoms with E-state index in [1.807, 2.05) is 18.2 Å². The zero-order valence-corrected chi connectivity index (χ0v) is 12.4. The Morgan fingerprint density at radius 3 is 2.38 bits per heavy atom. The Kier molecular flexibility index (Phi) is 4.03. The summed E-state index contributed by atoms with van der Waals surface area (Å²) in [5, 5.41) is 8.99. The number of nitrogens with zero attached hydrogens (tertiary/aromatic N) is 2. The van der Waals surface area contributed by atoms with Gasteiger partial charge in [-0.25, -0.2) is 0 Å². The summed E-state index contributed by atoms with van der Waals surface area (Å²) < 4.78 is 0. The Morgan fingerprint density at radius 1 is 1.00 bits per heavy atom. The van der Waals surface area contributed by atoms with Crippen LogP contribution in [0.4, 0.5) is 0 Å². The molecule has 2 heteroatoms. The van der Waals surface area contributed by atoms with Gasteiger partial charge in [0.05, 0.1) is 11.6 Å². The van der Waals surface area contributed by atoms with Crippen molar-refractivity contribution >= 4 is 0 Å². The first-order chi connectivity index (χ1) is 10.3. The molecule has 3 rings (SSSR count). The van der Waals surface area contributed by atoms with Gasteiger partial charge in [0.15, 0.2) is 0 Å². The van der Waals surface area contributed by atoms with Crippen molar-refractivity contribution in [2.75, 3.05) is 20.1 Å². The summed E-state index contributed by atoms with van der Waals surface area (Å²) in [6.45, 7) is 2.38. The van der Waals surface area contributed by atoms with Crippen molar-refractivity contribution in [3.8, 4) is 17.2 Å². The van der Waals surface area contributed by atoms with Gasteiger partial charge in [0.2, 0.25) is 0 Å². The topological polar surface area (TPSA) is 27.0 Å². The molecule has 0 bridgehead atoms. The van der Waals surface area contributed by atoms with Crippen molar-refractivity contribution in [2.24, 2.45) is 0 Å². The van der Waals surface area contributed by atoms with Crippen LogP contribution in [-0.4, -0.2) is 25.0 Å². The van der Waals surface area contributed by atoms with E-state index in [4.69, 9.17) is 5.26 Å². The van der Waals surface area contributed by atoms with Gasteiger partial charge in [-0.1, -0.05) is 36.4 Å². The van der Waals surface area contributed by atoms with Gasteiger partial charge in [0.1, 0.15) is 0 Å². The molecule has 0 N–H and O–H groups in total. The van der Waals surface area contributed by atoms with Crippen LogP contribution in [0, 0.1) is 11.3 Å². The van der Waals surface area contributed by atoms with Gasteiger partial charge in [-0.2, -0.15) is 5.26 Å². The molecule has 0 aromatic heterocycles. The van der Waals surface area contributed by atoms with Crippen LogP contribution in [0.5, 0.6) is 0 Å². The summed E-state index contributed by atoms with van der Waals surface area (Å²) in [4.78, 5) is 2.40. The van der Waals surface area contributed by atoms with Gasteiger partial charge in [0, 0.05) is 0 Å². The Bertz CT molecular complexity index is 644. The molecule has 1 heterocycles. The van der Waals surface area contributed by atoms with Gasteiger partial charge >= 0.3 is 0 Å². The van der Waals surface area contributed by atoms with Crippen LogP contribution in [0.2, 0.25) is 0 Å². The van der Waals surface area contributed by atoms with E-state index in [1.165, 1.54) is 37.1 Å². The largest absolute Gasteiger partial charge is 0.306 e. The number of benzene rings is 2. The maximum Gasteiger partial charge on any atom is 0.0991 e. The van der Waals surface area contributed by atoms with Gasteiger partial charge in [-0.05, 0) is 67.7 Å². The van der Waals surface area contributed by atoms with Crippen molar-refractivity contribution in [3.63, 3.8) is 0 Å². The lowest BCUT2D eigenvalue weighted by atomic mass is 9.88. The Hall–Kier alpha value is -2.11. The smallest absolute Gasteiger partial charge is 0.0991 e. The molecule has 0 amide bonds. The molecule has 0 unspecified atom stereocenters. The number of nitriles is 1. The third kappa shape index (κ3) is 3.15. The summed E-state index contributed by atoms with van der Waals surface area (Å²) in [6, 6.07) is 18.9. The molecule has 1 saturated heterocycles. The second-order valence-corrected chi connectivity index (χ2v) is 5.89. The summed E-state index contributed by atoms with van der Waals surface area (Å²) >= 11 is 0. The molecule has 0 aliphatic carbocycles. The monoisotopic (exact) mass is 276 g/mol. The van der Waals surface area contributed by atoms with E-state index in [9.17, 15) is 0 Å². The highest BCUT2D eigenvalue weighted by molar-refractivity contribution is 5.65. The fourth-order valence-electron chi connectivity index (χ4n) is 3.06.